The van der Waals surface area contributed by atoms with Gasteiger partial charge in [-0.05, 0) is 29.8 Å². The summed E-state index contributed by atoms with van der Waals surface area (Å²) in [6.07, 6.45) is 1.53. The molecule has 30 heavy (non-hydrogen) atoms. The molecule has 4 aromatic rings. The fourth-order valence-corrected chi connectivity index (χ4v) is 2.90. The van der Waals surface area contributed by atoms with Gasteiger partial charge in [0.1, 0.15) is 12.4 Å². The number of anilines is 1. The van der Waals surface area contributed by atoms with Crippen LogP contribution in [0.25, 0.3) is 5.69 Å². The predicted molar refractivity (Wildman–Crippen MR) is 115 cm³/mol. The Morgan fingerprint density at radius 3 is 2.30 bits per heavy atom. The van der Waals surface area contributed by atoms with Crippen LogP contribution in [0.2, 0.25) is 0 Å². The molecule has 0 fully saturated rings. The Morgan fingerprint density at radius 1 is 0.867 bits per heavy atom. The predicted octanol–water partition coefficient (Wildman–Crippen LogP) is 4.06. The quantitative estimate of drug-likeness (QED) is 0.532. The van der Waals surface area contributed by atoms with Gasteiger partial charge < -0.3 is 10.1 Å². The lowest BCUT2D eigenvalue weighted by atomic mass is 10.2. The van der Waals surface area contributed by atoms with Crippen molar-refractivity contribution in [1.29, 1.82) is 0 Å². The molecule has 1 aromatic heterocycles. The Morgan fingerprint density at radius 2 is 1.53 bits per heavy atom. The zero-order valence-corrected chi connectivity index (χ0v) is 16.1. The molecule has 0 atom stereocenters. The normalized spacial score (nSPS) is 10.4. The molecular weight excluding hydrogens is 378 g/mol. The minimum atomic E-state index is -0.596. The number of carbonyl (C=O) groups is 1. The lowest BCUT2D eigenvalue weighted by Crippen LogP contribution is -2.25. The van der Waals surface area contributed by atoms with E-state index in [1.165, 1.54) is 16.9 Å². The van der Waals surface area contributed by atoms with Crippen LogP contribution in [-0.4, -0.2) is 15.7 Å². The third kappa shape index (κ3) is 4.44. The summed E-state index contributed by atoms with van der Waals surface area (Å²) in [4.78, 5) is 25.1. The van der Waals surface area contributed by atoms with Crippen LogP contribution in [-0.2, 0) is 6.61 Å². The molecule has 6 heteroatoms. The van der Waals surface area contributed by atoms with E-state index in [1.807, 2.05) is 66.7 Å². The highest BCUT2D eigenvalue weighted by Gasteiger charge is 2.16. The smallest absolute Gasteiger partial charge is 0.280 e. The third-order valence-corrected chi connectivity index (χ3v) is 4.42. The standard InChI is InChI=1S/C24H19N3O3/c28-21-15-16-27(19-11-5-2-6-12-19)26-23(21)24(29)25-20-13-7-8-14-22(20)30-17-18-9-3-1-4-10-18/h1-16H,17H2,(H,25,29). The molecule has 0 saturated carbocycles. The van der Waals surface area contributed by atoms with Crippen LogP contribution < -0.4 is 15.5 Å². The largest absolute Gasteiger partial charge is 0.487 e. The zero-order chi connectivity index (χ0) is 20.8. The minimum Gasteiger partial charge on any atom is -0.487 e. The van der Waals surface area contributed by atoms with E-state index in [2.05, 4.69) is 10.4 Å². The summed E-state index contributed by atoms with van der Waals surface area (Å²) in [6, 6.07) is 27.4. The number of hydrogen-bond acceptors (Lipinski definition) is 4. The summed E-state index contributed by atoms with van der Waals surface area (Å²) in [5.41, 5.74) is 1.57. The molecule has 0 radical (unpaired) electrons. The molecule has 0 bridgehead atoms. The van der Waals surface area contributed by atoms with Crippen LogP contribution in [0.1, 0.15) is 16.1 Å². The van der Waals surface area contributed by atoms with Crippen molar-refractivity contribution in [3.8, 4) is 11.4 Å². The number of benzene rings is 3. The van der Waals surface area contributed by atoms with E-state index in [0.29, 0.717) is 18.0 Å². The highest BCUT2D eigenvalue weighted by molar-refractivity contribution is 6.03. The maximum Gasteiger partial charge on any atom is 0.280 e. The van der Waals surface area contributed by atoms with E-state index < -0.39 is 11.3 Å². The number of para-hydroxylation sites is 3. The Hall–Kier alpha value is -4.19. The van der Waals surface area contributed by atoms with Crippen LogP contribution in [0.3, 0.4) is 0 Å². The monoisotopic (exact) mass is 397 g/mol. The molecule has 0 spiro atoms. The number of ether oxygens (including phenoxy) is 1. The van der Waals surface area contributed by atoms with Crippen molar-refractivity contribution in [2.45, 2.75) is 6.61 Å². The number of aromatic nitrogens is 2. The van der Waals surface area contributed by atoms with Gasteiger partial charge in [0.25, 0.3) is 5.91 Å². The van der Waals surface area contributed by atoms with E-state index in [1.54, 1.807) is 18.2 Å². The van der Waals surface area contributed by atoms with Crippen LogP contribution in [0.4, 0.5) is 5.69 Å². The highest BCUT2D eigenvalue weighted by atomic mass is 16.5. The summed E-state index contributed by atoms with van der Waals surface area (Å²) >= 11 is 0. The molecule has 1 amide bonds. The second-order valence-corrected chi connectivity index (χ2v) is 6.53. The number of rotatable bonds is 6. The van der Waals surface area contributed by atoms with Crippen molar-refractivity contribution in [3.05, 3.63) is 119 Å². The second-order valence-electron chi connectivity index (χ2n) is 6.53. The fraction of sp³-hybridized carbons (Fsp3) is 0.0417. The van der Waals surface area contributed by atoms with E-state index in [4.69, 9.17) is 4.74 Å². The number of nitrogens with zero attached hydrogens (tertiary/aromatic N) is 2. The van der Waals surface area contributed by atoms with E-state index in [0.717, 1.165) is 11.3 Å². The molecule has 0 aliphatic heterocycles. The average molecular weight is 397 g/mol. The molecular formula is C24H19N3O3. The first-order valence-electron chi connectivity index (χ1n) is 9.43. The maximum absolute atomic E-state index is 12.8. The average Bonchev–Trinajstić information content (AvgIpc) is 2.80. The van der Waals surface area contributed by atoms with Crippen LogP contribution in [0, 0.1) is 0 Å². The van der Waals surface area contributed by atoms with Gasteiger partial charge in [-0.25, -0.2) is 4.68 Å². The number of nitrogens with one attached hydrogen (secondary N) is 1. The minimum absolute atomic E-state index is 0.195. The van der Waals surface area contributed by atoms with Crippen LogP contribution in [0.15, 0.2) is 102 Å². The summed E-state index contributed by atoms with van der Waals surface area (Å²) < 4.78 is 7.36. The SMILES string of the molecule is O=C(Nc1ccccc1OCc1ccccc1)c1nn(-c2ccccc2)ccc1=O. The number of amides is 1. The van der Waals surface area contributed by atoms with Crippen molar-refractivity contribution >= 4 is 11.6 Å². The topological polar surface area (TPSA) is 73.2 Å². The Bertz CT molecular complexity index is 1210. The first-order valence-corrected chi connectivity index (χ1v) is 9.43. The first kappa shape index (κ1) is 19.1. The lowest BCUT2D eigenvalue weighted by Gasteiger charge is -2.13. The van der Waals surface area contributed by atoms with E-state index in [-0.39, 0.29) is 5.69 Å². The van der Waals surface area contributed by atoms with Crippen LogP contribution >= 0.6 is 0 Å². The molecule has 1 N–H and O–H groups in total. The van der Waals surface area contributed by atoms with Gasteiger partial charge in [-0.15, -0.1) is 0 Å². The van der Waals surface area contributed by atoms with Crippen molar-refractivity contribution in [2.75, 3.05) is 5.32 Å². The summed E-state index contributed by atoms with van der Waals surface area (Å²) in [7, 11) is 0. The fourth-order valence-electron chi connectivity index (χ4n) is 2.90. The van der Waals surface area contributed by atoms with E-state index in [9.17, 15) is 9.59 Å². The summed E-state index contributed by atoms with van der Waals surface area (Å²) in [6.45, 7) is 0.359. The lowest BCUT2D eigenvalue weighted by molar-refractivity contribution is 0.101. The Kier molecular flexibility index (Phi) is 5.66. The highest BCUT2D eigenvalue weighted by Crippen LogP contribution is 2.25. The second kappa shape index (κ2) is 8.87. The zero-order valence-electron chi connectivity index (χ0n) is 16.1. The van der Waals surface area contributed by atoms with Gasteiger partial charge in [0.15, 0.2) is 5.69 Å². The summed E-state index contributed by atoms with van der Waals surface area (Å²) in [5.74, 6) is -0.0879. The molecule has 0 aliphatic carbocycles. The van der Waals surface area contributed by atoms with Gasteiger partial charge in [0, 0.05) is 12.3 Å². The Balaban J connectivity index is 1.55. The van der Waals surface area contributed by atoms with Gasteiger partial charge in [-0.3, -0.25) is 9.59 Å². The van der Waals surface area contributed by atoms with Gasteiger partial charge in [-0.1, -0.05) is 60.7 Å². The third-order valence-electron chi connectivity index (χ3n) is 4.42. The molecule has 0 aliphatic rings. The van der Waals surface area contributed by atoms with Gasteiger partial charge in [0.2, 0.25) is 5.43 Å². The molecule has 4 rings (SSSR count). The Labute approximate surface area is 173 Å². The van der Waals surface area contributed by atoms with Crippen LogP contribution in [0.5, 0.6) is 5.75 Å². The van der Waals surface area contributed by atoms with Crippen molar-refractivity contribution < 1.29 is 9.53 Å². The first-order chi connectivity index (χ1) is 14.7. The van der Waals surface area contributed by atoms with E-state index >= 15 is 0 Å². The molecule has 6 nitrogen and oxygen atoms in total. The molecule has 0 saturated heterocycles. The molecule has 3 aromatic carbocycles. The number of hydrogen-bond donors (Lipinski definition) is 1. The van der Waals surface area contributed by atoms with Gasteiger partial charge in [-0.2, -0.15) is 5.10 Å². The van der Waals surface area contributed by atoms with Crippen molar-refractivity contribution in [1.82, 2.24) is 9.78 Å². The van der Waals surface area contributed by atoms with Gasteiger partial charge in [0.05, 0.1) is 11.4 Å². The maximum atomic E-state index is 12.8. The van der Waals surface area contributed by atoms with Gasteiger partial charge >= 0.3 is 0 Å². The summed E-state index contributed by atoms with van der Waals surface area (Å²) in [5, 5.41) is 6.96. The molecule has 0 unspecified atom stereocenters. The molecule has 1 heterocycles. The van der Waals surface area contributed by atoms with Crippen molar-refractivity contribution in [3.63, 3.8) is 0 Å². The van der Waals surface area contributed by atoms with Crippen molar-refractivity contribution in [2.24, 2.45) is 0 Å². The number of carbonyl (C=O) groups excluding carboxylic acids is 1. The molecule has 148 valence electrons.